The quantitative estimate of drug-likeness (QED) is 0.694. The number of benzene rings is 2. The molecule has 0 radical (unpaired) electrons. The highest BCUT2D eigenvalue weighted by Gasteiger charge is 2.22. The number of carbonyl (C=O) groups excluding carboxylic acids is 2. The van der Waals surface area contributed by atoms with Gasteiger partial charge in [-0.25, -0.2) is 0 Å². The van der Waals surface area contributed by atoms with Crippen molar-refractivity contribution in [1.82, 2.24) is 4.90 Å². The molecule has 0 spiro atoms. The molecule has 4 rings (SSSR count). The maximum Gasteiger partial charge on any atom is 0.150 e. The molecular formula is C27H37NO4. The topological polar surface area (TPSA) is 66.8 Å². The van der Waals surface area contributed by atoms with E-state index in [0.717, 1.165) is 62.7 Å². The second-order valence-electron chi connectivity index (χ2n) is 8.25. The molecule has 1 N–H and O–H groups in total. The highest BCUT2D eigenvalue weighted by molar-refractivity contribution is 5.82. The predicted molar refractivity (Wildman–Crippen MR) is 129 cm³/mol. The second kappa shape index (κ2) is 14.7. The molecule has 1 aliphatic carbocycles. The van der Waals surface area contributed by atoms with Crippen molar-refractivity contribution in [2.45, 2.75) is 44.4 Å². The van der Waals surface area contributed by atoms with Crippen LogP contribution in [0.1, 0.15) is 59.5 Å². The molecule has 0 amide bonds. The average Bonchev–Trinajstić information content (AvgIpc) is 2.87. The van der Waals surface area contributed by atoms with Crippen LogP contribution in [-0.4, -0.2) is 63.0 Å². The van der Waals surface area contributed by atoms with Crippen molar-refractivity contribution in [1.29, 1.82) is 0 Å². The number of hydrogen-bond acceptors (Lipinski definition) is 5. The van der Waals surface area contributed by atoms with E-state index < -0.39 is 0 Å². The number of aldehydes is 2. The lowest BCUT2D eigenvalue weighted by atomic mass is 9.78. The Morgan fingerprint density at radius 2 is 1.66 bits per heavy atom. The summed E-state index contributed by atoms with van der Waals surface area (Å²) in [5.74, 6) is 0.490. The Kier molecular flexibility index (Phi) is 11.9. The third kappa shape index (κ3) is 7.66. The van der Waals surface area contributed by atoms with E-state index in [4.69, 9.17) is 9.84 Å². The van der Waals surface area contributed by atoms with Crippen LogP contribution in [-0.2, 0) is 16.0 Å². The number of aliphatic hydroxyl groups excluding tert-OH is 1. The van der Waals surface area contributed by atoms with Gasteiger partial charge in [0.25, 0.3) is 0 Å². The normalized spacial score (nSPS) is 16.7. The summed E-state index contributed by atoms with van der Waals surface area (Å²) in [4.78, 5) is 24.8. The van der Waals surface area contributed by atoms with Crippen molar-refractivity contribution >= 4 is 12.6 Å². The summed E-state index contributed by atoms with van der Waals surface area (Å²) >= 11 is 0. The summed E-state index contributed by atoms with van der Waals surface area (Å²) in [5.41, 5.74) is 5.20. The van der Waals surface area contributed by atoms with Crippen molar-refractivity contribution in [2.75, 3.05) is 40.5 Å². The molecule has 2 fully saturated rings. The molecule has 0 aromatic heterocycles. The fourth-order valence-electron chi connectivity index (χ4n) is 4.42. The zero-order valence-electron chi connectivity index (χ0n) is 19.5. The third-order valence-electron chi connectivity index (χ3n) is 6.05. The number of morpholine rings is 1. The lowest BCUT2D eigenvalue weighted by Gasteiger charge is -2.26. The first kappa shape index (κ1) is 25.9. The molecule has 5 nitrogen and oxygen atoms in total. The van der Waals surface area contributed by atoms with Crippen molar-refractivity contribution < 1.29 is 19.4 Å². The van der Waals surface area contributed by atoms with Crippen molar-refractivity contribution in [3.8, 4) is 11.1 Å². The van der Waals surface area contributed by atoms with Crippen LogP contribution in [0.25, 0.3) is 11.1 Å². The lowest BCUT2D eigenvalue weighted by Crippen LogP contribution is -2.32. The standard InChI is InChI=1S/C21H22O2.C5H11NO.CH4O/c22-12-11-19-13-16(15-23)14-20(17-7-3-1-4-8-17)21(19)18-9-5-2-6-10-18;1-6-2-4-7-5-3-6;1-2/h2,5-6,9-10,12-15,17H,1,3-4,7-8,11H2;2-5H2,1H3;2H,1H3. The van der Waals surface area contributed by atoms with Crippen molar-refractivity contribution in [3.05, 3.63) is 59.2 Å². The minimum Gasteiger partial charge on any atom is -0.400 e. The van der Waals surface area contributed by atoms with Crippen molar-refractivity contribution in [3.63, 3.8) is 0 Å². The molecule has 1 saturated carbocycles. The van der Waals surface area contributed by atoms with Gasteiger partial charge >= 0.3 is 0 Å². The maximum atomic E-state index is 11.4. The fourth-order valence-corrected chi connectivity index (χ4v) is 4.42. The maximum absolute atomic E-state index is 11.4. The van der Waals surface area contributed by atoms with Crippen LogP contribution < -0.4 is 0 Å². The molecule has 2 aromatic carbocycles. The number of aliphatic hydroxyl groups is 1. The molecule has 2 aliphatic rings. The molecule has 32 heavy (non-hydrogen) atoms. The van der Waals surface area contributed by atoms with Gasteiger partial charge in [-0.1, -0.05) is 49.6 Å². The third-order valence-corrected chi connectivity index (χ3v) is 6.05. The van der Waals surface area contributed by atoms with E-state index in [1.807, 2.05) is 30.3 Å². The van der Waals surface area contributed by atoms with Crippen LogP contribution in [0.15, 0.2) is 42.5 Å². The smallest absolute Gasteiger partial charge is 0.150 e. The molecular weight excluding hydrogens is 402 g/mol. The Morgan fingerprint density at radius 3 is 2.19 bits per heavy atom. The van der Waals surface area contributed by atoms with Gasteiger partial charge in [0.15, 0.2) is 0 Å². The first-order chi connectivity index (χ1) is 15.7. The van der Waals surface area contributed by atoms with E-state index in [0.29, 0.717) is 17.9 Å². The van der Waals surface area contributed by atoms with Gasteiger partial charge in [-0.2, -0.15) is 0 Å². The Hall–Kier alpha value is -2.34. The van der Waals surface area contributed by atoms with Crippen LogP contribution in [0.4, 0.5) is 0 Å². The summed E-state index contributed by atoms with van der Waals surface area (Å²) in [6.45, 7) is 4.02. The number of nitrogens with zero attached hydrogens (tertiary/aromatic N) is 1. The minimum absolute atomic E-state index is 0.353. The average molecular weight is 440 g/mol. The lowest BCUT2D eigenvalue weighted by molar-refractivity contribution is -0.107. The van der Waals surface area contributed by atoms with E-state index in [1.54, 1.807) is 0 Å². The van der Waals surface area contributed by atoms with Crippen molar-refractivity contribution in [2.24, 2.45) is 0 Å². The molecule has 0 atom stereocenters. The highest BCUT2D eigenvalue weighted by atomic mass is 16.5. The Morgan fingerprint density at radius 1 is 1.00 bits per heavy atom. The molecule has 5 heteroatoms. The summed E-state index contributed by atoms with van der Waals surface area (Å²) in [6.07, 6.45) is 8.31. The second-order valence-corrected chi connectivity index (χ2v) is 8.25. The summed E-state index contributed by atoms with van der Waals surface area (Å²) in [6, 6.07) is 14.2. The molecule has 174 valence electrons. The van der Waals surface area contributed by atoms with E-state index in [1.165, 1.54) is 37.7 Å². The van der Waals surface area contributed by atoms with Crippen LogP contribution in [0.3, 0.4) is 0 Å². The van der Waals surface area contributed by atoms with E-state index in [2.05, 4.69) is 24.1 Å². The van der Waals surface area contributed by atoms with Gasteiger partial charge in [-0.15, -0.1) is 0 Å². The summed E-state index contributed by atoms with van der Waals surface area (Å²) in [5, 5.41) is 7.00. The van der Waals surface area contributed by atoms with Gasteiger partial charge in [0.05, 0.1) is 13.2 Å². The van der Waals surface area contributed by atoms with Crippen LogP contribution in [0.2, 0.25) is 0 Å². The number of ether oxygens (including phenoxy) is 1. The Labute approximate surface area is 192 Å². The number of hydrogen-bond donors (Lipinski definition) is 1. The molecule has 0 bridgehead atoms. The summed E-state index contributed by atoms with van der Waals surface area (Å²) in [7, 11) is 3.11. The van der Waals surface area contributed by atoms with Crippen LogP contribution in [0.5, 0.6) is 0 Å². The largest absolute Gasteiger partial charge is 0.400 e. The SMILES string of the molecule is CN1CCOCC1.CO.O=CCc1cc(C=O)cc(C2CCCCC2)c1-c1ccccc1. The Bertz CT molecular complexity index is 810. The van der Waals surface area contributed by atoms with E-state index in [9.17, 15) is 9.59 Å². The molecule has 1 heterocycles. The van der Waals surface area contributed by atoms with Crippen LogP contribution in [0, 0.1) is 0 Å². The predicted octanol–water partition coefficient (Wildman–Crippen LogP) is 4.51. The zero-order chi connectivity index (χ0) is 23.2. The molecule has 2 aromatic rings. The van der Waals surface area contributed by atoms with E-state index >= 15 is 0 Å². The van der Waals surface area contributed by atoms with Gasteiger partial charge in [0, 0.05) is 32.2 Å². The highest BCUT2D eigenvalue weighted by Crippen LogP contribution is 2.40. The number of carbonyl (C=O) groups is 2. The number of likely N-dealkylation sites (N-methyl/N-ethyl adjacent to an activating group) is 1. The summed E-state index contributed by atoms with van der Waals surface area (Å²) < 4.78 is 5.10. The monoisotopic (exact) mass is 439 g/mol. The minimum atomic E-state index is 0.353. The zero-order valence-corrected chi connectivity index (χ0v) is 19.5. The molecule has 1 saturated heterocycles. The fraction of sp³-hybridized carbons (Fsp3) is 0.481. The van der Waals surface area contributed by atoms with Gasteiger partial charge in [0.2, 0.25) is 0 Å². The van der Waals surface area contributed by atoms with Crippen LogP contribution >= 0.6 is 0 Å². The first-order valence-electron chi connectivity index (χ1n) is 11.5. The molecule has 0 unspecified atom stereocenters. The van der Waals surface area contributed by atoms with Gasteiger partial charge < -0.3 is 19.5 Å². The van der Waals surface area contributed by atoms with Gasteiger partial charge in [-0.05, 0) is 60.2 Å². The molecule has 1 aliphatic heterocycles. The van der Waals surface area contributed by atoms with Gasteiger partial charge in [0.1, 0.15) is 12.6 Å². The van der Waals surface area contributed by atoms with E-state index in [-0.39, 0.29) is 0 Å². The van der Waals surface area contributed by atoms with Gasteiger partial charge in [-0.3, -0.25) is 4.79 Å². The first-order valence-corrected chi connectivity index (χ1v) is 11.5. The Balaban J connectivity index is 0.000000340. The number of rotatable bonds is 5.